The Bertz CT molecular complexity index is 1080. The quantitative estimate of drug-likeness (QED) is 0.605. The summed E-state index contributed by atoms with van der Waals surface area (Å²) >= 11 is 3.45. The molecular weight excluding hydrogens is 418 g/mol. The maximum atomic E-state index is 12.9. The van der Waals surface area contributed by atoms with E-state index in [-0.39, 0.29) is 11.8 Å². The van der Waals surface area contributed by atoms with E-state index in [1.54, 1.807) is 0 Å². The number of hydrogen-bond donors (Lipinski definition) is 2. The molecule has 1 aliphatic rings. The van der Waals surface area contributed by atoms with E-state index >= 15 is 0 Å². The Morgan fingerprint density at radius 1 is 1.07 bits per heavy atom. The molecule has 1 aromatic heterocycles. The van der Waals surface area contributed by atoms with E-state index in [4.69, 9.17) is 0 Å². The van der Waals surface area contributed by atoms with Gasteiger partial charge in [-0.2, -0.15) is 0 Å². The Kier molecular flexibility index (Phi) is 4.81. The van der Waals surface area contributed by atoms with Gasteiger partial charge in [-0.15, -0.1) is 0 Å². The fraction of sp³-hybridized carbons (Fsp3) is 0.182. The maximum Gasteiger partial charge on any atom is 0.257 e. The maximum absolute atomic E-state index is 12.9. The van der Waals surface area contributed by atoms with Gasteiger partial charge in [-0.3, -0.25) is 9.59 Å². The van der Waals surface area contributed by atoms with Gasteiger partial charge in [0.25, 0.3) is 5.91 Å². The molecule has 0 atom stereocenters. The molecule has 0 saturated carbocycles. The molecule has 3 aromatic rings. The molecule has 2 N–H and O–H groups in total. The molecule has 1 aliphatic heterocycles. The van der Waals surface area contributed by atoms with Gasteiger partial charge in [0.15, 0.2) is 0 Å². The number of nitrogens with zero attached hydrogens (tertiary/aromatic N) is 1. The van der Waals surface area contributed by atoms with E-state index in [0.717, 1.165) is 38.5 Å². The topological polar surface area (TPSA) is 63.1 Å². The molecule has 4 rings (SSSR count). The van der Waals surface area contributed by atoms with Gasteiger partial charge in [0.2, 0.25) is 5.91 Å². The highest BCUT2D eigenvalue weighted by molar-refractivity contribution is 9.10. The minimum absolute atomic E-state index is 0.0321. The van der Waals surface area contributed by atoms with Crippen LogP contribution in [0.4, 0.5) is 11.4 Å². The number of carbonyl (C=O) groups is 2. The average Bonchev–Trinajstić information content (AvgIpc) is 2.97. The van der Waals surface area contributed by atoms with Crippen LogP contribution in [0.3, 0.4) is 0 Å². The largest absolute Gasteiger partial charge is 0.326 e. The van der Waals surface area contributed by atoms with Crippen molar-refractivity contribution in [3.8, 4) is 5.69 Å². The summed E-state index contributed by atoms with van der Waals surface area (Å²) in [6.45, 7) is 3.94. The van der Waals surface area contributed by atoms with Gasteiger partial charge >= 0.3 is 0 Å². The van der Waals surface area contributed by atoms with Crippen LogP contribution in [-0.2, 0) is 11.2 Å². The van der Waals surface area contributed by atoms with E-state index in [9.17, 15) is 9.59 Å². The lowest BCUT2D eigenvalue weighted by Gasteiger charge is -2.17. The molecule has 2 heterocycles. The first-order valence-corrected chi connectivity index (χ1v) is 9.90. The van der Waals surface area contributed by atoms with E-state index in [1.165, 1.54) is 0 Å². The van der Waals surface area contributed by atoms with Crippen LogP contribution < -0.4 is 10.6 Å². The number of hydrogen-bond acceptors (Lipinski definition) is 2. The molecule has 142 valence electrons. The third kappa shape index (κ3) is 3.47. The summed E-state index contributed by atoms with van der Waals surface area (Å²) in [5.41, 5.74) is 6.14. The molecule has 0 unspecified atom stereocenters. The molecule has 0 radical (unpaired) electrons. The van der Waals surface area contributed by atoms with Gasteiger partial charge in [0.05, 0.1) is 5.56 Å². The summed E-state index contributed by atoms with van der Waals surface area (Å²) in [7, 11) is 0. The van der Waals surface area contributed by atoms with Gasteiger partial charge in [0, 0.05) is 39.3 Å². The first kappa shape index (κ1) is 18.5. The molecule has 0 aliphatic carbocycles. The summed E-state index contributed by atoms with van der Waals surface area (Å²) in [4.78, 5) is 24.4. The summed E-state index contributed by atoms with van der Waals surface area (Å²) < 4.78 is 3.09. The Hall–Kier alpha value is -2.86. The monoisotopic (exact) mass is 437 g/mol. The van der Waals surface area contributed by atoms with Crippen LogP contribution >= 0.6 is 15.9 Å². The second-order valence-electron chi connectivity index (χ2n) is 6.97. The van der Waals surface area contributed by atoms with Gasteiger partial charge in [0.1, 0.15) is 0 Å². The van der Waals surface area contributed by atoms with E-state index in [2.05, 4.69) is 31.1 Å². The van der Waals surface area contributed by atoms with E-state index < -0.39 is 0 Å². The zero-order valence-electron chi connectivity index (χ0n) is 15.7. The first-order chi connectivity index (χ1) is 13.4. The molecule has 28 heavy (non-hydrogen) atoms. The van der Waals surface area contributed by atoms with Crippen LogP contribution in [0.2, 0.25) is 0 Å². The molecule has 0 fully saturated rings. The number of fused-ring (bicyclic) bond motifs is 1. The van der Waals surface area contributed by atoms with Gasteiger partial charge < -0.3 is 15.2 Å². The molecule has 2 aromatic carbocycles. The van der Waals surface area contributed by atoms with Gasteiger partial charge in [-0.25, -0.2) is 0 Å². The van der Waals surface area contributed by atoms with Crippen LogP contribution in [0.15, 0.2) is 53.0 Å². The number of aromatic nitrogens is 1. The number of anilines is 2. The number of nitrogens with one attached hydrogen (secondary N) is 2. The number of aryl methyl sites for hydroxylation is 2. The van der Waals surface area contributed by atoms with E-state index in [1.807, 2.05) is 62.4 Å². The second-order valence-corrected chi connectivity index (χ2v) is 7.89. The Labute approximate surface area is 171 Å². The Balaban J connectivity index is 1.60. The minimum Gasteiger partial charge on any atom is -0.326 e. The third-order valence-electron chi connectivity index (χ3n) is 5.02. The molecule has 0 spiro atoms. The van der Waals surface area contributed by atoms with Crippen molar-refractivity contribution in [1.29, 1.82) is 0 Å². The van der Waals surface area contributed by atoms with Crippen LogP contribution in [0, 0.1) is 13.8 Å². The standard InChI is InChI=1S/C22H20BrN3O2/c1-13-11-19(14(2)26(13)18-7-4-16(23)5-8-18)22(28)24-17-6-9-20-15(12-17)3-10-21(27)25-20/h4-9,11-12H,3,10H2,1-2H3,(H,24,28)(H,25,27). The van der Waals surface area contributed by atoms with Crippen molar-refractivity contribution in [2.24, 2.45) is 0 Å². The third-order valence-corrected chi connectivity index (χ3v) is 5.55. The van der Waals surface area contributed by atoms with Crippen molar-refractivity contribution in [3.05, 3.63) is 75.5 Å². The molecule has 0 bridgehead atoms. The molecule has 5 nitrogen and oxygen atoms in total. The highest BCUT2D eigenvalue weighted by Gasteiger charge is 2.19. The molecule has 0 saturated heterocycles. The summed E-state index contributed by atoms with van der Waals surface area (Å²) in [5, 5.41) is 5.84. The first-order valence-electron chi connectivity index (χ1n) is 9.11. The number of halogens is 1. The lowest BCUT2D eigenvalue weighted by molar-refractivity contribution is -0.116. The summed E-state index contributed by atoms with van der Waals surface area (Å²) in [5.74, 6) is -0.110. The summed E-state index contributed by atoms with van der Waals surface area (Å²) in [6.07, 6.45) is 1.15. The zero-order chi connectivity index (χ0) is 19.8. The summed E-state index contributed by atoms with van der Waals surface area (Å²) in [6, 6.07) is 15.5. The highest BCUT2D eigenvalue weighted by Crippen LogP contribution is 2.27. The van der Waals surface area contributed by atoms with Crippen LogP contribution in [0.1, 0.15) is 33.7 Å². The van der Waals surface area contributed by atoms with Gasteiger partial charge in [-0.1, -0.05) is 15.9 Å². The number of rotatable bonds is 3. The SMILES string of the molecule is Cc1cc(C(=O)Nc2ccc3c(c2)CCC(=O)N3)c(C)n1-c1ccc(Br)cc1. The Morgan fingerprint density at radius 3 is 2.57 bits per heavy atom. The van der Waals surface area contributed by atoms with Crippen molar-refractivity contribution < 1.29 is 9.59 Å². The van der Waals surface area contributed by atoms with Crippen molar-refractivity contribution in [3.63, 3.8) is 0 Å². The number of amides is 2. The highest BCUT2D eigenvalue weighted by atomic mass is 79.9. The number of benzene rings is 2. The van der Waals surface area contributed by atoms with Crippen molar-refractivity contribution >= 4 is 39.1 Å². The zero-order valence-corrected chi connectivity index (χ0v) is 17.3. The van der Waals surface area contributed by atoms with Crippen molar-refractivity contribution in [2.75, 3.05) is 10.6 Å². The molecule has 6 heteroatoms. The molecule has 2 amide bonds. The molecular formula is C22H20BrN3O2. The van der Waals surface area contributed by atoms with Gasteiger partial charge in [-0.05, 0) is 74.4 Å². The fourth-order valence-corrected chi connectivity index (χ4v) is 3.90. The lowest BCUT2D eigenvalue weighted by Crippen LogP contribution is -2.19. The smallest absolute Gasteiger partial charge is 0.257 e. The van der Waals surface area contributed by atoms with Crippen molar-refractivity contribution in [1.82, 2.24) is 4.57 Å². The Morgan fingerprint density at radius 2 is 1.82 bits per heavy atom. The van der Waals surface area contributed by atoms with Crippen LogP contribution in [0.25, 0.3) is 5.69 Å². The lowest BCUT2D eigenvalue weighted by atomic mass is 10.0. The number of carbonyl (C=O) groups excluding carboxylic acids is 2. The second kappa shape index (κ2) is 7.28. The minimum atomic E-state index is -0.142. The predicted octanol–water partition coefficient (Wildman–Crippen LogP) is 4.99. The average molecular weight is 438 g/mol. The van der Waals surface area contributed by atoms with E-state index in [0.29, 0.717) is 18.4 Å². The van der Waals surface area contributed by atoms with Crippen LogP contribution in [0.5, 0.6) is 0 Å². The van der Waals surface area contributed by atoms with Crippen molar-refractivity contribution in [2.45, 2.75) is 26.7 Å². The predicted molar refractivity (Wildman–Crippen MR) is 114 cm³/mol. The van der Waals surface area contributed by atoms with Crippen LogP contribution in [-0.4, -0.2) is 16.4 Å². The normalized spacial score (nSPS) is 13.0. The fourth-order valence-electron chi connectivity index (χ4n) is 3.64.